The molecule has 0 spiro atoms. The fourth-order valence-electron chi connectivity index (χ4n) is 3.21. The number of nitrogens with one attached hydrogen (secondary N) is 1. The van der Waals surface area contributed by atoms with E-state index >= 15 is 0 Å². The first kappa shape index (κ1) is 20.3. The maximum atomic E-state index is 13.0. The third-order valence-corrected chi connectivity index (χ3v) is 6.18. The van der Waals surface area contributed by atoms with E-state index in [1.807, 2.05) is 0 Å². The molecule has 1 N–H and O–H groups in total. The quantitative estimate of drug-likeness (QED) is 0.736. The number of thioether (sulfide) groups is 1. The molecule has 10 heteroatoms. The molecule has 1 aliphatic carbocycles. The van der Waals surface area contributed by atoms with Gasteiger partial charge in [-0.2, -0.15) is 13.2 Å². The van der Waals surface area contributed by atoms with Gasteiger partial charge in [-0.15, -0.1) is 10.2 Å². The molecule has 27 heavy (non-hydrogen) atoms. The first-order valence-electron chi connectivity index (χ1n) is 8.75. The summed E-state index contributed by atoms with van der Waals surface area (Å²) in [5.74, 6) is 0.260. The number of aromatic nitrogens is 3. The predicted molar refractivity (Wildman–Crippen MR) is 97.9 cm³/mol. The molecule has 5 nitrogen and oxygen atoms in total. The summed E-state index contributed by atoms with van der Waals surface area (Å²) in [4.78, 5) is 12.5. The lowest BCUT2D eigenvalue weighted by atomic mass is 9.86. The summed E-state index contributed by atoms with van der Waals surface area (Å²) in [5, 5.41) is 10.3. The summed E-state index contributed by atoms with van der Waals surface area (Å²) < 4.78 is 40.3. The van der Waals surface area contributed by atoms with E-state index in [9.17, 15) is 18.0 Å². The third kappa shape index (κ3) is 4.51. The van der Waals surface area contributed by atoms with Crippen LogP contribution in [-0.2, 0) is 11.0 Å². The lowest BCUT2D eigenvalue weighted by Crippen LogP contribution is -2.44. The highest BCUT2D eigenvalue weighted by Crippen LogP contribution is 2.34. The van der Waals surface area contributed by atoms with Gasteiger partial charge in [-0.1, -0.05) is 43.1 Å². The Morgan fingerprint density at radius 1 is 1.37 bits per heavy atom. The smallest absolute Gasteiger partial charge is 0.352 e. The van der Waals surface area contributed by atoms with Crippen molar-refractivity contribution >= 4 is 34.9 Å². The number of halogens is 4. The number of carbonyl (C=O) groups is 1. The van der Waals surface area contributed by atoms with Crippen molar-refractivity contribution < 1.29 is 18.0 Å². The largest absolute Gasteiger partial charge is 0.417 e. The van der Waals surface area contributed by atoms with Gasteiger partial charge in [0.15, 0.2) is 10.8 Å². The summed E-state index contributed by atoms with van der Waals surface area (Å²) >= 11 is 6.97. The van der Waals surface area contributed by atoms with Gasteiger partial charge >= 0.3 is 6.18 Å². The highest BCUT2D eigenvalue weighted by atomic mass is 35.5. The van der Waals surface area contributed by atoms with Crippen LogP contribution in [-0.4, -0.2) is 31.8 Å². The van der Waals surface area contributed by atoms with E-state index in [0.717, 1.165) is 43.3 Å². The normalized spacial score (nSPS) is 22.0. The monoisotopic (exact) mass is 420 g/mol. The molecule has 1 amide bonds. The lowest BCUT2D eigenvalue weighted by molar-refractivity contribution is -0.137. The van der Waals surface area contributed by atoms with Crippen molar-refractivity contribution in [3.05, 3.63) is 22.8 Å². The van der Waals surface area contributed by atoms with E-state index in [4.69, 9.17) is 11.6 Å². The van der Waals surface area contributed by atoms with Crippen molar-refractivity contribution in [2.24, 2.45) is 5.92 Å². The lowest BCUT2D eigenvalue weighted by Gasteiger charge is -2.30. The molecule has 0 radical (unpaired) electrons. The first-order chi connectivity index (χ1) is 12.7. The molecule has 0 saturated heterocycles. The summed E-state index contributed by atoms with van der Waals surface area (Å²) in [6, 6.07) is 0.955. The van der Waals surface area contributed by atoms with Gasteiger partial charge in [0.2, 0.25) is 5.91 Å². The summed E-state index contributed by atoms with van der Waals surface area (Å²) in [5.41, 5.74) is -0.768. The number of fused-ring (bicyclic) bond motifs is 1. The molecule has 148 valence electrons. The Kier molecular flexibility index (Phi) is 5.90. The van der Waals surface area contributed by atoms with Crippen LogP contribution in [0.2, 0.25) is 5.02 Å². The average Bonchev–Trinajstić information content (AvgIpc) is 2.99. The standard InChI is InChI=1S/C17H20ClF3N4OS/c1-9-5-3-4-6-13(9)22-15(26)10(2)27-16-24-23-14-12(18)7-11(8-25(14)16)17(19,20)21/h7-10,13H,3-6H2,1-2H3,(H,22,26)/t9-,10+,13+/m1/s1. The van der Waals surface area contributed by atoms with E-state index in [2.05, 4.69) is 22.4 Å². The van der Waals surface area contributed by atoms with E-state index in [1.54, 1.807) is 6.92 Å². The van der Waals surface area contributed by atoms with Crippen molar-refractivity contribution in [1.82, 2.24) is 19.9 Å². The summed E-state index contributed by atoms with van der Waals surface area (Å²) in [6.45, 7) is 3.82. The van der Waals surface area contributed by atoms with Crippen LogP contribution in [0.4, 0.5) is 13.2 Å². The molecule has 3 rings (SSSR count). The zero-order chi connectivity index (χ0) is 19.8. The van der Waals surface area contributed by atoms with Crippen LogP contribution in [0.1, 0.15) is 45.1 Å². The molecule has 2 aromatic rings. The topological polar surface area (TPSA) is 59.3 Å². The van der Waals surface area contributed by atoms with Crippen LogP contribution in [0.25, 0.3) is 5.65 Å². The summed E-state index contributed by atoms with van der Waals surface area (Å²) in [6.07, 6.45) is 0.653. The molecular weight excluding hydrogens is 401 g/mol. The number of alkyl halides is 3. The van der Waals surface area contributed by atoms with Crippen LogP contribution in [0, 0.1) is 5.92 Å². The predicted octanol–water partition coefficient (Wildman–Crippen LogP) is 4.58. The molecule has 0 unspecified atom stereocenters. The van der Waals surface area contributed by atoms with Crippen LogP contribution in [0.3, 0.4) is 0 Å². The average molecular weight is 421 g/mol. The molecule has 1 saturated carbocycles. The van der Waals surface area contributed by atoms with Gasteiger partial charge in [0.1, 0.15) is 0 Å². The van der Waals surface area contributed by atoms with Crippen molar-refractivity contribution in [2.45, 2.75) is 62.2 Å². The number of amides is 1. The Labute approximate surface area is 164 Å². The number of hydrogen-bond acceptors (Lipinski definition) is 4. The van der Waals surface area contributed by atoms with Crippen LogP contribution >= 0.6 is 23.4 Å². The SMILES string of the molecule is C[C@H](Sc1nnc2c(Cl)cc(C(F)(F)F)cn12)C(=O)N[C@H]1CCCC[C@H]1C. The second-order valence-corrected chi connectivity index (χ2v) is 8.60. The highest BCUT2D eigenvalue weighted by Gasteiger charge is 2.33. The minimum absolute atomic E-state index is 0.126. The second kappa shape index (κ2) is 7.87. The Morgan fingerprint density at radius 3 is 2.74 bits per heavy atom. The second-order valence-electron chi connectivity index (χ2n) is 6.89. The van der Waals surface area contributed by atoms with Gasteiger partial charge in [-0.3, -0.25) is 9.20 Å². The van der Waals surface area contributed by atoms with Gasteiger partial charge in [-0.05, 0) is 31.7 Å². The Hall–Kier alpha value is -1.48. The van der Waals surface area contributed by atoms with Gasteiger partial charge in [0.25, 0.3) is 0 Å². The molecule has 1 fully saturated rings. The third-order valence-electron chi connectivity index (χ3n) is 4.85. The maximum Gasteiger partial charge on any atom is 0.417 e. The zero-order valence-corrected chi connectivity index (χ0v) is 16.5. The van der Waals surface area contributed by atoms with E-state index < -0.39 is 17.0 Å². The van der Waals surface area contributed by atoms with Crippen LogP contribution in [0.15, 0.2) is 17.4 Å². The number of nitrogens with zero attached hydrogens (tertiary/aromatic N) is 3. The van der Waals surface area contributed by atoms with Crippen molar-refractivity contribution in [2.75, 3.05) is 0 Å². The molecule has 0 aromatic carbocycles. The van der Waals surface area contributed by atoms with Gasteiger partial charge in [0.05, 0.1) is 15.8 Å². The Morgan fingerprint density at radius 2 is 2.07 bits per heavy atom. The molecule has 3 atom stereocenters. The van der Waals surface area contributed by atoms with Crippen LogP contribution in [0.5, 0.6) is 0 Å². The van der Waals surface area contributed by atoms with E-state index in [1.165, 1.54) is 10.8 Å². The number of carbonyl (C=O) groups excluding carboxylic acids is 1. The number of hydrogen-bond donors (Lipinski definition) is 1. The van der Waals surface area contributed by atoms with E-state index in [0.29, 0.717) is 5.92 Å². The van der Waals surface area contributed by atoms with Gasteiger partial charge in [0, 0.05) is 12.2 Å². The number of rotatable bonds is 4. The van der Waals surface area contributed by atoms with E-state index in [-0.39, 0.29) is 27.8 Å². The molecule has 1 aliphatic rings. The molecular formula is C17H20ClF3N4OS. The fraction of sp³-hybridized carbons (Fsp3) is 0.588. The van der Waals surface area contributed by atoms with Gasteiger partial charge < -0.3 is 5.32 Å². The minimum Gasteiger partial charge on any atom is -0.352 e. The molecule has 0 bridgehead atoms. The zero-order valence-electron chi connectivity index (χ0n) is 14.9. The first-order valence-corrected chi connectivity index (χ1v) is 10.0. The Balaban J connectivity index is 1.77. The molecule has 0 aliphatic heterocycles. The van der Waals surface area contributed by atoms with Crippen LogP contribution < -0.4 is 5.32 Å². The van der Waals surface area contributed by atoms with Crippen molar-refractivity contribution in [3.63, 3.8) is 0 Å². The fourth-order valence-corrected chi connectivity index (χ4v) is 4.29. The maximum absolute atomic E-state index is 13.0. The minimum atomic E-state index is -4.54. The molecule has 2 heterocycles. The number of pyridine rings is 1. The van der Waals surface area contributed by atoms with Crippen molar-refractivity contribution in [3.8, 4) is 0 Å². The van der Waals surface area contributed by atoms with Crippen molar-refractivity contribution in [1.29, 1.82) is 0 Å². The van der Waals surface area contributed by atoms with Gasteiger partial charge in [-0.25, -0.2) is 0 Å². The summed E-state index contributed by atoms with van der Waals surface area (Å²) in [7, 11) is 0. The highest BCUT2D eigenvalue weighted by molar-refractivity contribution is 8.00. The molecule has 2 aromatic heterocycles. The Bertz CT molecular complexity index is 841.